The quantitative estimate of drug-likeness (QED) is 0.817. The van der Waals surface area contributed by atoms with Gasteiger partial charge in [0.05, 0.1) is 11.8 Å². The normalized spacial score (nSPS) is 17.5. The van der Waals surface area contributed by atoms with Gasteiger partial charge in [0.15, 0.2) is 5.11 Å². The predicted octanol–water partition coefficient (Wildman–Crippen LogP) is 4.39. The van der Waals surface area contributed by atoms with Gasteiger partial charge in [-0.2, -0.15) is 5.10 Å². The van der Waals surface area contributed by atoms with Gasteiger partial charge in [-0.1, -0.05) is 47.5 Å². The highest BCUT2D eigenvalue weighted by Gasteiger charge is 2.30. The van der Waals surface area contributed by atoms with Crippen LogP contribution in [0.1, 0.15) is 23.6 Å². The minimum absolute atomic E-state index is 0.0135. The molecule has 0 bridgehead atoms. The number of hydrazone groups is 1. The van der Waals surface area contributed by atoms with Crippen molar-refractivity contribution in [1.82, 2.24) is 5.01 Å². The minimum Gasteiger partial charge on any atom is -0.375 e. The van der Waals surface area contributed by atoms with Crippen molar-refractivity contribution < 1.29 is 0 Å². The zero-order valence-corrected chi connectivity index (χ0v) is 13.9. The van der Waals surface area contributed by atoms with Crippen LogP contribution in [-0.2, 0) is 0 Å². The molecule has 1 atom stereocenters. The van der Waals surface area contributed by atoms with Crippen molar-refractivity contribution in [2.24, 2.45) is 10.8 Å². The van der Waals surface area contributed by atoms with Crippen molar-refractivity contribution in [2.75, 3.05) is 0 Å². The van der Waals surface area contributed by atoms with Gasteiger partial charge in [-0.15, -0.1) is 0 Å². The van der Waals surface area contributed by atoms with Crippen LogP contribution in [0, 0.1) is 0 Å². The molecule has 3 rings (SSSR count). The van der Waals surface area contributed by atoms with E-state index >= 15 is 0 Å². The van der Waals surface area contributed by atoms with E-state index in [0.717, 1.165) is 23.3 Å². The highest BCUT2D eigenvalue weighted by Crippen LogP contribution is 2.33. The molecule has 0 saturated carbocycles. The SMILES string of the molecule is NC(=S)N1N=C(c2ccc(Cl)cc2)CC1c1ccc(Cl)cc1. The molecule has 2 aromatic carbocycles. The van der Waals surface area contributed by atoms with Gasteiger partial charge in [0.25, 0.3) is 0 Å². The van der Waals surface area contributed by atoms with Crippen molar-refractivity contribution in [3.05, 3.63) is 69.7 Å². The molecule has 0 fully saturated rings. The van der Waals surface area contributed by atoms with E-state index in [4.69, 9.17) is 41.2 Å². The number of benzene rings is 2. The average molecular weight is 350 g/mol. The van der Waals surface area contributed by atoms with Crippen LogP contribution in [0.25, 0.3) is 0 Å². The Morgan fingerprint density at radius 1 is 1.05 bits per heavy atom. The Morgan fingerprint density at radius 2 is 1.59 bits per heavy atom. The van der Waals surface area contributed by atoms with E-state index in [2.05, 4.69) is 5.10 Å². The summed E-state index contributed by atoms with van der Waals surface area (Å²) in [5.41, 5.74) is 8.85. The van der Waals surface area contributed by atoms with Crippen LogP contribution in [0.2, 0.25) is 10.0 Å². The highest BCUT2D eigenvalue weighted by atomic mass is 35.5. The molecule has 0 saturated heterocycles. The third-order valence-electron chi connectivity index (χ3n) is 3.57. The molecule has 22 heavy (non-hydrogen) atoms. The third-order valence-corrected chi connectivity index (χ3v) is 4.26. The monoisotopic (exact) mass is 349 g/mol. The van der Waals surface area contributed by atoms with E-state index in [1.54, 1.807) is 5.01 Å². The molecule has 0 radical (unpaired) electrons. The Labute approximate surface area is 144 Å². The summed E-state index contributed by atoms with van der Waals surface area (Å²) in [4.78, 5) is 0. The van der Waals surface area contributed by atoms with E-state index in [1.807, 2.05) is 48.5 Å². The van der Waals surface area contributed by atoms with Gasteiger partial charge in [0.2, 0.25) is 0 Å². The van der Waals surface area contributed by atoms with Crippen LogP contribution in [0.5, 0.6) is 0 Å². The molecule has 1 unspecified atom stereocenters. The molecule has 0 aliphatic carbocycles. The fourth-order valence-electron chi connectivity index (χ4n) is 2.47. The van der Waals surface area contributed by atoms with Gasteiger partial charge < -0.3 is 5.73 Å². The summed E-state index contributed by atoms with van der Waals surface area (Å²) in [6, 6.07) is 15.2. The molecule has 1 heterocycles. The van der Waals surface area contributed by atoms with E-state index in [9.17, 15) is 0 Å². The lowest BCUT2D eigenvalue weighted by molar-refractivity contribution is 0.373. The zero-order chi connectivity index (χ0) is 15.7. The van der Waals surface area contributed by atoms with Crippen LogP contribution in [-0.4, -0.2) is 15.8 Å². The second-order valence-corrected chi connectivity index (χ2v) is 6.30. The molecule has 0 aromatic heterocycles. The first-order valence-electron chi connectivity index (χ1n) is 6.72. The molecule has 1 aliphatic heterocycles. The van der Waals surface area contributed by atoms with Crippen LogP contribution >= 0.6 is 35.4 Å². The number of nitrogens with two attached hydrogens (primary N) is 1. The molecule has 2 aromatic rings. The van der Waals surface area contributed by atoms with E-state index < -0.39 is 0 Å². The molecule has 3 nitrogen and oxygen atoms in total. The summed E-state index contributed by atoms with van der Waals surface area (Å²) in [5, 5.41) is 7.91. The topological polar surface area (TPSA) is 41.6 Å². The summed E-state index contributed by atoms with van der Waals surface area (Å²) < 4.78 is 0. The lowest BCUT2D eigenvalue weighted by Gasteiger charge is -2.21. The molecular weight excluding hydrogens is 337 g/mol. The first-order valence-corrected chi connectivity index (χ1v) is 7.88. The fraction of sp³-hybridized carbons (Fsp3) is 0.125. The molecular formula is C16H13Cl2N3S. The number of nitrogens with zero attached hydrogens (tertiary/aromatic N) is 2. The number of rotatable bonds is 2. The summed E-state index contributed by atoms with van der Waals surface area (Å²) >= 11 is 17.0. The van der Waals surface area contributed by atoms with Crippen molar-refractivity contribution in [3.63, 3.8) is 0 Å². The first kappa shape index (κ1) is 15.3. The van der Waals surface area contributed by atoms with Crippen LogP contribution in [0.4, 0.5) is 0 Å². The first-order chi connectivity index (χ1) is 10.5. The maximum atomic E-state index is 5.95. The molecule has 2 N–H and O–H groups in total. The van der Waals surface area contributed by atoms with Crippen molar-refractivity contribution in [3.8, 4) is 0 Å². The predicted molar refractivity (Wildman–Crippen MR) is 95.4 cm³/mol. The summed E-state index contributed by atoms with van der Waals surface area (Å²) in [7, 11) is 0. The lowest BCUT2D eigenvalue weighted by Crippen LogP contribution is -2.31. The third kappa shape index (κ3) is 3.09. The Morgan fingerprint density at radius 3 is 2.14 bits per heavy atom. The summed E-state index contributed by atoms with van der Waals surface area (Å²) in [6.45, 7) is 0. The minimum atomic E-state index is -0.0135. The van der Waals surface area contributed by atoms with Crippen molar-refractivity contribution >= 4 is 46.2 Å². The van der Waals surface area contributed by atoms with Gasteiger partial charge >= 0.3 is 0 Å². The molecule has 0 amide bonds. The smallest absolute Gasteiger partial charge is 0.187 e. The second kappa shape index (κ2) is 6.24. The number of thiocarbonyl (C=S) groups is 1. The standard InChI is InChI=1S/C16H13Cl2N3S/c17-12-5-1-10(2-6-12)14-9-15(21(20-14)16(19)22)11-3-7-13(18)8-4-11/h1-8,15H,9H2,(H2,19,22). The van der Waals surface area contributed by atoms with E-state index in [1.165, 1.54) is 0 Å². The largest absolute Gasteiger partial charge is 0.375 e. The molecule has 112 valence electrons. The van der Waals surface area contributed by atoms with Gasteiger partial charge in [-0.3, -0.25) is 0 Å². The Kier molecular flexibility index (Phi) is 4.34. The van der Waals surface area contributed by atoms with Gasteiger partial charge in [-0.05, 0) is 47.6 Å². The summed E-state index contributed by atoms with van der Waals surface area (Å²) in [5.74, 6) is 0. The van der Waals surface area contributed by atoms with Gasteiger partial charge in [-0.25, -0.2) is 5.01 Å². The fourth-order valence-corrected chi connectivity index (χ4v) is 2.89. The average Bonchev–Trinajstić information content (AvgIpc) is 2.94. The number of halogens is 2. The van der Waals surface area contributed by atoms with E-state index in [0.29, 0.717) is 10.0 Å². The Balaban J connectivity index is 1.92. The highest BCUT2D eigenvalue weighted by molar-refractivity contribution is 7.80. The number of hydrogen-bond donors (Lipinski definition) is 1. The lowest BCUT2D eigenvalue weighted by atomic mass is 9.99. The molecule has 6 heteroatoms. The van der Waals surface area contributed by atoms with Crippen LogP contribution in [0.3, 0.4) is 0 Å². The van der Waals surface area contributed by atoms with Crippen LogP contribution in [0.15, 0.2) is 53.6 Å². The van der Waals surface area contributed by atoms with Gasteiger partial charge in [0, 0.05) is 16.5 Å². The van der Waals surface area contributed by atoms with E-state index in [-0.39, 0.29) is 11.2 Å². The summed E-state index contributed by atoms with van der Waals surface area (Å²) in [6.07, 6.45) is 0.723. The van der Waals surface area contributed by atoms with Crippen LogP contribution < -0.4 is 5.73 Å². The number of hydrogen-bond acceptors (Lipinski definition) is 2. The Bertz CT molecular complexity index is 726. The van der Waals surface area contributed by atoms with Gasteiger partial charge in [0.1, 0.15) is 0 Å². The second-order valence-electron chi connectivity index (χ2n) is 5.01. The molecule has 0 spiro atoms. The Hall–Kier alpha value is -1.62. The van der Waals surface area contributed by atoms with Crippen molar-refractivity contribution in [2.45, 2.75) is 12.5 Å². The molecule has 1 aliphatic rings. The maximum absolute atomic E-state index is 5.95. The maximum Gasteiger partial charge on any atom is 0.187 e. The van der Waals surface area contributed by atoms with Crippen molar-refractivity contribution in [1.29, 1.82) is 0 Å². The zero-order valence-electron chi connectivity index (χ0n) is 11.5.